The number of carbonyl (C=O) groups is 2. The average Bonchev–Trinajstić information content (AvgIpc) is 2.55. The summed E-state index contributed by atoms with van der Waals surface area (Å²) in [4.78, 5) is 23.7. The predicted molar refractivity (Wildman–Crippen MR) is 99.3 cm³/mol. The van der Waals surface area contributed by atoms with Crippen LogP contribution in [-0.2, 0) is 15.3 Å². The van der Waals surface area contributed by atoms with E-state index in [2.05, 4.69) is 25.2 Å². The Bertz CT molecular complexity index is 600. The standard InChI is InChI=1S/C19H27NO3S/c1-12(2)24-11-16-8-5-9-17(13(16)3)20-18(21)14-6-4-7-15(10-14)19(22)23/h5,8-9,12,14-15H,4,6-7,10-11H2,1-3H3,(H,20,21)(H,22,23). The fraction of sp³-hybridized carbons (Fsp3) is 0.579. The quantitative estimate of drug-likeness (QED) is 0.795. The molecule has 2 N–H and O–H groups in total. The summed E-state index contributed by atoms with van der Waals surface area (Å²) in [5, 5.41) is 12.8. The number of hydrogen-bond donors (Lipinski definition) is 2. The fourth-order valence-corrected chi connectivity index (χ4v) is 3.94. The molecule has 0 spiro atoms. The zero-order chi connectivity index (χ0) is 17.7. The van der Waals surface area contributed by atoms with Gasteiger partial charge in [-0.05, 0) is 48.6 Å². The molecule has 4 nitrogen and oxygen atoms in total. The third-order valence-electron chi connectivity index (χ3n) is 4.67. The van der Waals surface area contributed by atoms with Gasteiger partial charge in [-0.25, -0.2) is 0 Å². The number of anilines is 1. The molecule has 5 heteroatoms. The zero-order valence-corrected chi connectivity index (χ0v) is 15.5. The summed E-state index contributed by atoms with van der Waals surface area (Å²) in [6.07, 6.45) is 2.71. The molecule has 1 amide bonds. The van der Waals surface area contributed by atoms with Crippen molar-refractivity contribution in [3.05, 3.63) is 29.3 Å². The maximum atomic E-state index is 12.6. The first-order valence-electron chi connectivity index (χ1n) is 8.62. The molecule has 2 unspecified atom stereocenters. The Morgan fingerprint density at radius 2 is 2.00 bits per heavy atom. The first-order valence-corrected chi connectivity index (χ1v) is 9.67. The van der Waals surface area contributed by atoms with Crippen molar-refractivity contribution in [1.82, 2.24) is 0 Å². The van der Waals surface area contributed by atoms with Gasteiger partial charge in [0.1, 0.15) is 0 Å². The molecular weight excluding hydrogens is 322 g/mol. The lowest BCUT2D eigenvalue weighted by Crippen LogP contribution is -2.31. The van der Waals surface area contributed by atoms with Gasteiger partial charge in [0.15, 0.2) is 0 Å². The van der Waals surface area contributed by atoms with Crippen molar-refractivity contribution in [2.45, 2.75) is 57.5 Å². The minimum Gasteiger partial charge on any atom is -0.481 e. The largest absolute Gasteiger partial charge is 0.481 e. The van der Waals surface area contributed by atoms with Gasteiger partial charge in [0.25, 0.3) is 0 Å². The molecule has 0 aromatic heterocycles. The summed E-state index contributed by atoms with van der Waals surface area (Å²) in [6, 6.07) is 6.00. The molecule has 2 rings (SSSR count). The van der Waals surface area contributed by atoms with Crippen LogP contribution in [-0.4, -0.2) is 22.2 Å². The molecule has 0 heterocycles. The molecule has 1 aromatic rings. The monoisotopic (exact) mass is 349 g/mol. The highest BCUT2D eigenvalue weighted by atomic mass is 32.2. The Morgan fingerprint density at radius 3 is 2.67 bits per heavy atom. The molecule has 0 saturated heterocycles. The molecule has 1 aliphatic rings. The Balaban J connectivity index is 2.03. The molecular formula is C19H27NO3S. The minimum atomic E-state index is -0.781. The van der Waals surface area contributed by atoms with Crippen LogP contribution in [0, 0.1) is 18.8 Å². The van der Waals surface area contributed by atoms with Gasteiger partial charge in [0, 0.05) is 17.4 Å². The van der Waals surface area contributed by atoms with E-state index < -0.39 is 5.97 Å². The number of carboxylic acids is 1. The van der Waals surface area contributed by atoms with Crippen molar-refractivity contribution in [3.8, 4) is 0 Å². The van der Waals surface area contributed by atoms with Crippen LogP contribution in [0.15, 0.2) is 18.2 Å². The topological polar surface area (TPSA) is 66.4 Å². The maximum Gasteiger partial charge on any atom is 0.306 e. The van der Waals surface area contributed by atoms with Gasteiger partial charge in [0.2, 0.25) is 5.91 Å². The molecule has 1 fully saturated rings. The van der Waals surface area contributed by atoms with E-state index in [0.717, 1.165) is 29.8 Å². The molecule has 24 heavy (non-hydrogen) atoms. The van der Waals surface area contributed by atoms with Crippen LogP contribution in [0.4, 0.5) is 5.69 Å². The van der Waals surface area contributed by atoms with Gasteiger partial charge in [-0.2, -0.15) is 11.8 Å². The third-order valence-corrected chi connectivity index (χ3v) is 5.81. The summed E-state index contributed by atoms with van der Waals surface area (Å²) in [5.41, 5.74) is 3.18. The van der Waals surface area contributed by atoms with Gasteiger partial charge < -0.3 is 10.4 Å². The van der Waals surface area contributed by atoms with Crippen molar-refractivity contribution < 1.29 is 14.7 Å². The van der Waals surface area contributed by atoms with E-state index in [1.54, 1.807) is 0 Å². The number of benzene rings is 1. The summed E-state index contributed by atoms with van der Waals surface area (Å²) < 4.78 is 0. The number of thioether (sulfide) groups is 1. The normalized spacial score (nSPS) is 20.8. The van der Waals surface area contributed by atoms with E-state index in [1.807, 2.05) is 30.8 Å². The highest BCUT2D eigenvalue weighted by Gasteiger charge is 2.31. The molecule has 0 aliphatic heterocycles. The van der Waals surface area contributed by atoms with Gasteiger partial charge in [-0.1, -0.05) is 32.4 Å². The SMILES string of the molecule is Cc1c(CSC(C)C)cccc1NC(=O)C1CCCC(C(=O)O)C1. The minimum absolute atomic E-state index is 0.0438. The molecule has 1 saturated carbocycles. The number of carboxylic acid groups (broad SMARTS) is 1. The van der Waals surface area contributed by atoms with Gasteiger partial charge in [-0.3, -0.25) is 9.59 Å². The zero-order valence-electron chi connectivity index (χ0n) is 14.7. The Hall–Kier alpha value is -1.49. The molecule has 0 radical (unpaired) electrons. The van der Waals surface area contributed by atoms with Gasteiger partial charge in [0.05, 0.1) is 5.92 Å². The van der Waals surface area contributed by atoms with Crippen molar-refractivity contribution in [3.63, 3.8) is 0 Å². The van der Waals surface area contributed by atoms with Crippen molar-refractivity contribution in [1.29, 1.82) is 0 Å². The van der Waals surface area contributed by atoms with Crippen LogP contribution in [0.1, 0.15) is 50.7 Å². The summed E-state index contributed by atoms with van der Waals surface area (Å²) in [7, 11) is 0. The molecule has 2 atom stereocenters. The van der Waals surface area contributed by atoms with Crippen LogP contribution in [0.2, 0.25) is 0 Å². The van der Waals surface area contributed by atoms with Crippen LogP contribution < -0.4 is 5.32 Å². The van der Waals surface area contributed by atoms with E-state index in [0.29, 0.717) is 18.1 Å². The van der Waals surface area contributed by atoms with Gasteiger partial charge in [-0.15, -0.1) is 0 Å². The second-order valence-corrected chi connectivity index (χ2v) is 8.40. The first-order chi connectivity index (χ1) is 11.4. The first kappa shape index (κ1) is 18.8. The fourth-order valence-electron chi connectivity index (χ4n) is 3.12. The van der Waals surface area contributed by atoms with Crippen molar-refractivity contribution in [2.24, 2.45) is 11.8 Å². The number of amides is 1. The lowest BCUT2D eigenvalue weighted by molar-refractivity contribution is -0.143. The highest BCUT2D eigenvalue weighted by molar-refractivity contribution is 7.99. The van der Waals surface area contributed by atoms with Crippen LogP contribution >= 0.6 is 11.8 Å². The summed E-state index contributed by atoms with van der Waals surface area (Å²) in [5.74, 6) is -0.482. The second kappa shape index (κ2) is 8.56. The number of hydrogen-bond acceptors (Lipinski definition) is 3. The summed E-state index contributed by atoms with van der Waals surface area (Å²) in [6.45, 7) is 6.38. The molecule has 1 aliphatic carbocycles. The van der Waals surface area contributed by atoms with E-state index in [1.165, 1.54) is 5.56 Å². The van der Waals surface area contributed by atoms with Crippen LogP contribution in [0.25, 0.3) is 0 Å². The lowest BCUT2D eigenvalue weighted by atomic mass is 9.81. The number of aliphatic carboxylic acids is 1. The van der Waals surface area contributed by atoms with E-state index in [4.69, 9.17) is 0 Å². The Labute approximate surface area is 148 Å². The predicted octanol–water partition coefficient (Wildman–Crippen LogP) is 4.47. The third kappa shape index (κ3) is 5.00. The van der Waals surface area contributed by atoms with E-state index in [-0.39, 0.29) is 17.7 Å². The molecule has 1 aromatic carbocycles. The van der Waals surface area contributed by atoms with Crippen LogP contribution in [0.5, 0.6) is 0 Å². The summed E-state index contributed by atoms with van der Waals surface area (Å²) >= 11 is 1.88. The van der Waals surface area contributed by atoms with Crippen molar-refractivity contribution in [2.75, 3.05) is 5.32 Å². The van der Waals surface area contributed by atoms with E-state index >= 15 is 0 Å². The van der Waals surface area contributed by atoms with Crippen molar-refractivity contribution >= 4 is 29.3 Å². The average molecular weight is 349 g/mol. The number of nitrogens with one attached hydrogen (secondary N) is 1. The number of rotatable bonds is 6. The van der Waals surface area contributed by atoms with E-state index in [9.17, 15) is 14.7 Å². The molecule has 0 bridgehead atoms. The lowest BCUT2D eigenvalue weighted by Gasteiger charge is -2.26. The Kier molecular flexibility index (Phi) is 6.72. The molecule has 132 valence electrons. The number of carbonyl (C=O) groups excluding carboxylic acids is 1. The van der Waals surface area contributed by atoms with Crippen LogP contribution in [0.3, 0.4) is 0 Å². The highest BCUT2D eigenvalue weighted by Crippen LogP contribution is 2.31. The maximum absolute atomic E-state index is 12.6. The second-order valence-electron chi connectivity index (χ2n) is 6.84. The smallest absolute Gasteiger partial charge is 0.306 e. The van der Waals surface area contributed by atoms with Gasteiger partial charge >= 0.3 is 5.97 Å². The Morgan fingerprint density at radius 1 is 1.29 bits per heavy atom.